The lowest BCUT2D eigenvalue weighted by Gasteiger charge is -2.16. The zero-order valence-corrected chi connectivity index (χ0v) is 14.5. The van der Waals surface area contributed by atoms with E-state index >= 15 is 0 Å². The van der Waals surface area contributed by atoms with Gasteiger partial charge in [-0.3, -0.25) is 4.79 Å². The zero-order valence-electron chi connectivity index (χ0n) is 13.7. The summed E-state index contributed by atoms with van der Waals surface area (Å²) >= 11 is 6.18. The molecule has 132 valence electrons. The highest BCUT2D eigenvalue weighted by molar-refractivity contribution is 6.31. The number of carbonyl (C=O) groups is 1. The molecule has 1 unspecified atom stereocenters. The minimum atomic E-state index is -0.325. The van der Waals surface area contributed by atoms with E-state index in [0.29, 0.717) is 41.8 Å². The quantitative estimate of drug-likeness (QED) is 0.694. The SMILES string of the molecule is O=C1CC(c2nc(-c3ccc(F)cc3)no2)CN1Cc1ccccc1Cl. The number of amides is 1. The second-order valence-corrected chi connectivity index (χ2v) is 6.64. The fourth-order valence-electron chi connectivity index (χ4n) is 3.04. The van der Waals surface area contributed by atoms with Gasteiger partial charge in [0.1, 0.15) is 5.82 Å². The van der Waals surface area contributed by atoms with E-state index in [2.05, 4.69) is 10.1 Å². The van der Waals surface area contributed by atoms with Gasteiger partial charge in [-0.15, -0.1) is 0 Å². The van der Waals surface area contributed by atoms with Crippen LogP contribution in [-0.4, -0.2) is 27.5 Å². The molecule has 1 aliphatic rings. The number of rotatable bonds is 4. The van der Waals surface area contributed by atoms with E-state index in [1.54, 1.807) is 17.0 Å². The van der Waals surface area contributed by atoms with Gasteiger partial charge in [-0.1, -0.05) is 35.0 Å². The standard InChI is InChI=1S/C19H15ClFN3O2/c20-16-4-2-1-3-13(16)10-24-11-14(9-17(24)25)19-22-18(23-26-19)12-5-7-15(21)8-6-12/h1-8,14H,9-11H2. The summed E-state index contributed by atoms with van der Waals surface area (Å²) in [5.74, 6) is 0.341. The second kappa shape index (κ2) is 6.88. The van der Waals surface area contributed by atoms with Crippen LogP contribution in [0.4, 0.5) is 4.39 Å². The van der Waals surface area contributed by atoms with E-state index in [-0.39, 0.29) is 17.6 Å². The topological polar surface area (TPSA) is 59.2 Å². The summed E-state index contributed by atoms with van der Waals surface area (Å²) in [6.45, 7) is 0.947. The van der Waals surface area contributed by atoms with E-state index < -0.39 is 0 Å². The first-order chi connectivity index (χ1) is 12.6. The number of hydrogen-bond acceptors (Lipinski definition) is 4. The van der Waals surface area contributed by atoms with Gasteiger partial charge in [0.05, 0.1) is 5.92 Å². The smallest absolute Gasteiger partial charge is 0.232 e. The Bertz CT molecular complexity index is 942. The van der Waals surface area contributed by atoms with Crippen molar-refractivity contribution in [3.8, 4) is 11.4 Å². The van der Waals surface area contributed by atoms with Gasteiger partial charge in [0.2, 0.25) is 17.6 Å². The van der Waals surface area contributed by atoms with E-state index in [1.165, 1.54) is 12.1 Å². The number of carbonyl (C=O) groups excluding carboxylic acids is 1. The molecular formula is C19H15ClFN3O2. The maximum Gasteiger partial charge on any atom is 0.232 e. The molecule has 2 heterocycles. The Morgan fingerprint density at radius 2 is 1.96 bits per heavy atom. The Morgan fingerprint density at radius 1 is 1.19 bits per heavy atom. The number of benzene rings is 2. The first-order valence-electron chi connectivity index (χ1n) is 8.21. The van der Waals surface area contributed by atoms with Crippen LogP contribution in [0.3, 0.4) is 0 Å². The number of aromatic nitrogens is 2. The summed E-state index contributed by atoms with van der Waals surface area (Å²) < 4.78 is 18.4. The van der Waals surface area contributed by atoms with Gasteiger partial charge in [-0.25, -0.2) is 4.39 Å². The predicted molar refractivity (Wildman–Crippen MR) is 93.9 cm³/mol. The zero-order chi connectivity index (χ0) is 18.1. The van der Waals surface area contributed by atoms with Crippen molar-refractivity contribution in [2.24, 2.45) is 0 Å². The second-order valence-electron chi connectivity index (χ2n) is 6.23. The molecule has 1 fully saturated rings. The molecule has 0 saturated carbocycles. The lowest BCUT2D eigenvalue weighted by atomic mass is 10.1. The normalized spacial score (nSPS) is 17.1. The molecule has 1 atom stereocenters. The maximum absolute atomic E-state index is 13.0. The summed E-state index contributed by atoms with van der Waals surface area (Å²) in [5, 5.41) is 4.59. The van der Waals surface area contributed by atoms with Crippen LogP contribution in [-0.2, 0) is 11.3 Å². The van der Waals surface area contributed by atoms with E-state index in [9.17, 15) is 9.18 Å². The highest BCUT2D eigenvalue weighted by Crippen LogP contribution is 2.30. The monoisotopic (exact) mass is 371 g/mol. The molecule has 7 heteroatoms. The molecule has 26 heavy (non-hydrogen) atoms. The van der Waals surface area contributed by atoms with Crippen LogP contribution in [0.2, 0.25) is 5.02 Å². The van der Waals surface area contributed by atoms with Crippen molar-refractivity contribution in [3.05, 3.63) is 70.8 Å². The molecule has 1 aromatic heterocycles. The Labute approximate surface area is 154 Å². The van der Waals surface area contributed by atoms with Crippen LogP contribution >= 0.6 is 11.6 Å². The summed E-state index contributed by atoms with van der Waals surface area (Å²) in [6, 6.07) is 13.3. The Morgan fingerprint density at radius 3 is 2.73 bits per heavy atom. The highest BCUT2D eigenvalue weighted by Gasteiger charge is 2.34. The molecule has 1 aliphatic heterocycles. The lowest BCUT2D eigenvalue weighted by molar-refractivity contribution is -0.128. The van der Waals surface area contributed by atoms with E-state index in [0.717, 1.165) is 5.56 Å². The number of halogens is 2. The van der Waals surface area contributed by atoms with Gasteiger partial charge in [0.15, 0.2) is 0 Å². The summed E-state index contributed by atoms with van der Waals surface area (Å²) in [6.07, 6.45) is 0.315. The van der Waals surface area contributed by atoms with Gasteiger partial charge >= 0.3 is 0 Å². The molecule has 3 aromatic rings. The third kappa shape index (κ3) is 3.32. The van der Waals surface area contributed by atoms with Crippen LogP contribution in [0.5, 0.6) is 0 Å². The van der Waals surface area contributed by atoms with Crippen LogP contribution in [0.1, 0.15) is 23.8 Å². The average Bonchev–Trinajstić information content (AvgIpc) is 3.25. The molecule has 1 saturated heterocycles. The van der Waals surface area contributed by atoms with Crippen molar-refractivity contribution < 1.29 is 13.7 Å². The van der Waals surface area contributed by atoms with Crippen molar-refractivity contribution in [2.45, 2.75) is 18.9 Å². The van der Waals surface area contributed by atoms with Crippen LogP contribution < -0.4 is 0 Å². The largest absolute Gasteiger partial charge is 0.339 e. The first kappa shape index (κ1) is 16.7. The molecule has 2 aromatic carbocycles. The Kier molecular flexibility index (Phi) is 4.42. The van der Waals surface area contributed by atoms with Crippen molar-refractivity contribution in [1.29, 1.82) is 0 Å². The van der Waals surface area contributed by atoms with Gasteiger partial charge < -0.3 is 9.42 Å². The fourth-order valence-corrected chi connectivity index (χ4v) is 3.24. The Balaban J connectivity index is 1.49. The van der Waals surface area contributed by atoms with Crippen LogP contribution in [0, 0.1) is 5.82 Å². The third-order valence-corrected chi connectivity index (χ3v) is 4.80. The number of likely N-dealkylation sites (tertiary alicyclic amines) is 1. The van der Waals surface area contributed by atoms with Crippen LogP contribution in [0.15, 0.2) is 53.1 Å². The molecule has 0 aliphatic carbocycles. The summed E-state index contributed by atoms with van der Waals surface area (Å²) in [7, 11) is 0. The molecule has 1 amide bonds. The van der Waals surface area contributed by atoms with Crippen molar-refractivity contribution >= 4 is 17.5 Å². The molecule has 0 radical (unpaired) electrons. The van der Waals surface area contributed by atoms with Gasteiger partial charge in [0.25, 0.3) is 0 Å². The molecule has 5 nitrogen and oxygen atoms in total. The minimum Gasteiger partial charge on any atom is -0.339 e. The van der Waals surface area contributed by atoms with E-state index in [1.807, 2.05) is 24.3 Å². The number of hydrogen-bond donors (Lipinski definition) is 0. The molecular weight excluding hydrogens is 357 g/mol. The molecule has 0 bridgehead atoms. The maximum atomic E-state index is 13.0. The molecule has 0 spiro atoms. The van der Waals surface area contributed by atoms with E-state index in [4.69, 9.17) is 16.1 Å². The summed E-state index contributed by atoms with van der Waals surface area (Å²) in [4.78, 5) is 18.5. The van der Waals surface area contributed by atoms with Gasteiger partial charge in [-0.2, -0.15) is 4.98 Å². The van der Waals surface area contributed by atoms with Crippen molar-refractivity contribution in [1.82, 2.24) is 15.0 Å². The summed E-state index contributed by atoms with van der Waals surface area (Å²) in [5.41, 5.74) is 1.57. The molecule has 4 rings (SSSR count). The third-order valence-electron chi connectivity index (χ3n) is 4.43. The lowest BCUT2D eigenvalue weighted by Crippen LogP contribution is -2.24. The fraction of sp³-hybridized carbons (Fsp3) is 0.211. The van der Waals surface area contributed by atoms with Gasteiger partial charge in [-0.05, 0) is 35.9 Å². The van der Waals surface area contributed by atoms with Crippen molar-refractivity contribution in [2.75, 3.05) is 6.54 Å². The Hall–Kier alpha value is -2.73. The number of nitrogens with zero attached hydrogens (tertiary/aromatic N) is 3. The highest BCUT2D eigenvalue weighted by atomic mass is 35.5. The first-order valence-corrected chi connectivity index (χ1v) is 8.58. The van der Waals surface area contributed by atoms with Crippen LogP contribution in [0.25, 0.3) is 11.4 Å². The predicted octanol–water partition coefficient (Wildman–Crippen LogP) is 4.05. The average molecular weight is 372 g/mol. The van der Waals surface area contributed by atoms with Crippen molar-refractivity contribution in [3.63, 3.8) is 0 Å². The molecule has 0 N–H and O–H groups in total. The minimum absolute atomic E-state index is 0.0245. The van der Waals surface area contributed by atoms with Gasteiger partial charge in [0, 0.05) is 30.1 Å².